The van der Waals surface area contributed by atoms with Gasteiger partial charge >= 0.3 is 0 Å². The van der Waals surface area contributed by atoms with Crippen molar-refractivity contribution in [1.82, 2.24) is 15.5 Å². The molecule has 4 atom stereocenters. The minimum absolute atomic E-state index is 0.384. The molecule has 114 valence electrons. The number of hydrogen-bond acceptors (Lipinski definition) is 6. The lowest BCUT2D eigenvalue weighted by Crippen LogP contribution is -2.25. The van der Waals surface area contributed by atoms with Gasteiger partial charge in [0.25, 0.3) is 0 Å². The first kappa shape index (κ1) is 16.2. The van der Waals surface area contributed by atoms with Crippen LogP contribution >= 0.6 is 23.5 Å². The molecular weight excluding hydrogens is 290 g/mol. The third-order valence-corrected chi connectivity index (χ3v) is 7.05. The molecule has 0 aromatic carbocycles. The number of nitrogens with zero attached hydrogens (tertiary/aromatic N) is 2. The smallest absolute Gasteiger partial charge is 0.226 e. The van der Waals surface area contributed by atoms with Gasteiger partial charge in [0, 0.05) is 28.7 Å². The van der Waals surface area contributed by atoms with E-state index in [0.717, 1.165) is 36.9 Å². The number of nitrogens with one attached hydrogen (secondary N) is 1. The second-order valence-electron chi connectivity index (χ2n) is 5.41. The summed E-state index contributed by atoms with van der Waals surface area (Å²) in [5.41, 5.74) is 0. The topological polar surface area (TPSA) is 51.0 Å². The molecule has 0 aliphatic carbocycles. The summed E-state index contributed by atoms with van der Waals surface area (Å²) in [6, 6.07) is 0.496. The van der Waals surface area contributed by atoms with Gasteiger partial charge in [-0.1, -0.05) is 25.9 Å². The molecule has 0 radical (unpaired) electrons. The van der Waals surface area contributed by atoms with Crippen LogP contribution in [-0.2, 0) is 6.42 Å². The predicted molar refractivity (Wildman–Crippen MR) is 87.5 cm³/mol. The summed E-state index contributed by atoms with van der Waals surface area (Å²) in [7, 11) is 0. The van der Waals surface area contributed by atoms with Gasteiger partial charge in [-0.05, 0) is 19.9 Å². The van der Waals surface area contributed by atoms with Crippen LogP contribution < -0.4 is 5.32 Å². The maximum Gasteiger partial charge on any atom is 0.226 e. The third kappa shape index (κ3) is 4.40. The maximum absolute atomic E-state index is 5.40. The first-order valence-corrected chi connectivity index (χ1v) is 9.42. The lowest BCUT2D eigenvalue weighted by atomic mass is 10.2. The van der Waals surface area contributed by atoms with E-state index in [2.05, 4.69) is 43.2 Å². The average molecular weight is 316 g/mol. The zero-order chi connectivity index (χ0) is 14.5. The Balaban J connectivity index is 1.86. The molecule has 20 heavy (non-hydrogen) atoms. The maximum atomic E-state index is 5.40. The Morgan fingerprint density at radius 2 is 2.20 bits per heavy atom. The Kier molecular flexibility index (Phi) is 6.23. The molecule has 0 saturated carbocycles. The van der Waals surface area contributed by atoms with Crippen molar-refractivity contribution in [2.45, 2.75) is 62.3 Å². The highest BCUT2D eigenvalue weighted by Gasteiger charge is 2.29. The fraction of sp³-hybridized carbons (Fsp3) is 0.857. The van der Waals surface area contributed by atoms with Crippen molar-refractivity contribution in [3.8, 4) is 0 Å². The third-order valence-electron chi connectivity index (χ3n) is 3.67. The SMILES string of the molecule is CCNC(C)CCc1nc(C2CSC(C)C(C)S2)no1. The van der Waals surface area contributed by atoms with Gasteiger partial charge in [0.05, 0.1) is 5.25 Å². The van der Waals surface area contributed by atoms with Crippen LogP contribution in [0, 0.1) is 0 Å². The summed E-state index contributed by atoms with van der Waals surface area (Å²) in [4.78, 5) is 4.59. The number of hydrogen-bond donors (Lipinski definition) is 1. The van der Waals surface area contributed by atoms with Crippen LogP contribution in [0.15, 0.2) is 4.52 Å². The fourth-order valence-corrected chi connectivity index (χ4v) is 5.04. The molecule has 1 aliphatic heterocycles. The second-order valence-corrected chi connectivity index (χ2v) is 8.41. The van der Waals surface area contributed by atoms with E-state index < -0.39 is 0 Å². The van der Waals surface area contributed by atoms with Crippen LogP contribution in [0.5, 0.6) is 0 Å². The highest BCUT2D eigenvalue weighted by atomic mass is 32.2. The van der Waals surface area contributed by atoms with Crippen LogP contribution in [0.3, 0.4) is 0 Å². The van der Waals surface area contributed by atoms with Crippen molar-refractivity contribution in [1.29, 1.82) is 0 Å². The van der Waals surface area contributed by atoms with E-state index in [-0.39, 0.29) is 0 Å². The molecule has 1 aromatic heterocycles. The van der Waals surface area contributed by atoms with E-state index >= 15 is 0 Å². The van der Waals surface area contributed by atoms with Crippen LogP contribution in [0.4, 0.5) is 0 Å². The number of aryl methyl sites for hydroxylation is 1. The van der Waals surface area contributed by atoms with E-state index in [9.17, 15) is 0 Å². The number of aromatic nitrogens is 2. The zero-order valence-electron chi connectivity index (χ0n) is 12.8. The average Bonchev–Trinajstić information content (AvgIpc) is 2.89. The van der Waals surface area contributed by atoms with Crippen LogP contribution in [0.2, 0.25) is 0 Å². The molecule has 2 rings (SSSR count). The molecule has 1 aliphatic rings. The summed E-state index contributed by atoms with van der Waals surface area (Å²) in [6.07, 6.45) is 1.90. The van der Waals surface area contributed by atoms with E-state index in [1.165, 1.54) is 0 Å². The molecule has 0 amide bonds. The molecule has 4 unspecified atom stereocenters. The van der Waals surface area contributed by atoms with Crippen LogP contribution in [-0.4, -0.2) is 39.0 Å². The number of thioether (sulfide) groups is 2. The summed E-state index contributed by atoms with van der Waals surface area (Å²) in [5.74, 6) is 2.75. The molecular formula is C14H25N3OS2. The normalized spacial score (nSPS) is 28.5. The van der Waals surface area contributed by atoms with Gasteiger partial charge in [-0.15, -0.1) is 11.8 Å². The zero-order valence-corrected chi connectivity index (χ0v) is 14.4. The van der Waals surface area contributed by atoms with Crippen molar-refractivity contribution in [2.75, 3.05) is 12.3 Å². The van der Waals surface area contributed by atoms with Gasteiger partial charge < -0.3 is 9.84 Å². The quantitative estimate of drug-likeness (QED) is 0.869. The largest absolute Gasteiger partial charge is 0.339 e. The van der Waals surface area contributed by atoms with Gasteiger partial charge in [0.2, 0.25) is 5.89 Å². The summed E-state index contributed by atoms with van der Waals surface area (Å²) >= 11 is 3.99. The van der Waals surface area contributed by atoms with Crippen LogP contribution in [0.25, 0.3) is 0 Å². The Labute approximate surface area is 130 Å². The first-order valence-electron chi connectivity index (χ1n) is 7.43. The van der Waals surface area contributed by atoms with Crippen molar-refractivity contribution in [3.63, 3.8) is 0 Å². The molecule has 6 heteroatoms. The molecule has 1 fully saturated rings. The summed E-state index contributed by atoms with van der Waals surface area (Å²) in [5, 5.41) is 9.33. The molecule has 1 saturated heterocycles. The lowest BCUT2D eigenvalue weighted by Gasteiger charge is -2.29. The van der Waals surface area contributed by atoms with E-state index in [0.29, 0.717) is 21.8 Å². The van der Waals surface area contributed by atoms with Gasteiger partial charge in [-0.3, -0.25) is 0 Å². The Morgan fingerprint density at radius 3 is 2.90 bits per heavy atom. The molecule has 1 aromatic rings. The van der Waals surface area contributed by atoms with E-state index in [1.54, 1.807) is 0 Å². The molecule has 0 bridgehead atoms. The molecule has 1 N–H and O–H groups in total. The van der Waals surface area contributed by atoms with Crippen molar-refractivity contribution >= 4 is 23.5 Å². The highest BCUT2D eigenvalue weighted by molar-refractivity contribution is 8.07. The molecule has 4 nitrogen and oxygen atoms in total. The second kappa shape index (κ2) is 7.71. The standard InChI is InChI=1S/C14H25N3OS2/c1-5-15-9(2)6-7-13-16-14(17-18-13)12-8-19-10(3)11(4)20-12/h9-12,15H,5-8H2,1-4H3. The summed E-state index contributed by atoms with van der Waals surface area (Å²) < 4.78 is 5.40. The number of rotatable bonds is 6. The van der Waals surface area contributed by atoms with Gasteiger partial charge in [-0.25, -0.2) is 0 Å². The Hall–Kier alpha value is -0.200. The van der Waals surface area contributed by atoms with Crippen LogP contribution in [0.1, 0.15) is 51.1 Å². The summed E-state index contributed by atoms with van der Waals surface area (Å²) in [6.45, 7) is 9.90. The van der Waals surface area contributed by atoms with Crippen molar-refractivity contribution < 1.29 is 4.52 Å². The molecule has 2 heterocycles. The van der Waals surface area contributed by atoms with Gasteiger partial charge in [0.1, 0.15) is 0 Å². The van der Waals surface area contributed by atoms with E-state index in [1.807, 2.05) is 23.5 Å². The molecule has 0 spiro atoms. The van der Waals surface area contributed by atoms with Gasteiger partial charge in [-0.2, -0.15) is 16.7 Å². The Morgan fingerprint density at radius 1 is 1.40 bits per heavy atom. The monoisotopic (exact) mass is 315 g/mol. The predicted octanol–water partition coefficient (Wildman–Crippen LogP) is 3.30. The van der Waals surface area contributed by atoms with Gasteiger partial charge in [0.15, 0.2) is 5.82 Å². The highest BCUT2D eigenvalue weighted by Crippen LogP contribution is 2.43. The minimum Gasteiger partial charge on any atom is -0.339 e. The first-order chi connectivity index (χ1) is 9.60. The van der Waals surface area contributed by atoms with Crippen molar-refractivity contribution in [3.05, 3.63) is 11.7 Å². The van der Waals surface area contributed by atoms with E-state index in [4.69, 9.17) is 4.52 Å². The Bertz CT molecular complexity index is 413. The lowest BCUT2D eigenvalue weighted by molar-refractivity contribution is 0.363. The fourth-order valence-electron chi connectivity index (χ4n) is 2.21. The minimum atomic E-state index is 0.384. The van der Waals surface area contributed by atoms with Crippen molar-refractivity contribution in [2.24, 2.45) is 0 Å².